The topological polar surface area (TPSA) is 80.3 Å². The van der Waals surface area contributed by atoms with Crippen LogP contribution in [0.2, 0.25) is 0 Å². The highest BCUT2D eigenvalue weighted by atomic mass is 32.1. The van der Waals surface area contributed by atoms with Crippen molar-refractivity contribution in [3.63, 3.8) is 0 Å². The molecule has 0 fully saturated rings. The van der Waals surface area contributed by atoms with Crippen LogP contribution in [-0.2, 0) is 4.79 Å². The average Bonchev–Trinajstić information content (AvgIpc) is 2.92. The lowest BCUT2D eigenvalue weighted by molar-refractivity contribution is -0.116. The van der Waals surface area contributed by atoms with E-state index in [4.69, 9.17) is 4.74 Å². The van der Waals surface area contributed by atoms with Crippen LogP contribution in [0.25, 0.3) is 0 Å². The lowest BCUT2D eigenvalue weighted by Gasteiger charge is -2.06. The summed E-state index contributed by atoms with van der Waals surface area (Å²) < 4.78 is 5.01. The van der Waals surface area contributed by atoms with Gasteiger partial charge in [0.05, 0.1) is 0 Å². The van der Waals surface area contributed by atoms with Crippen LogP contribution in [0.15, 0.2) is 41.9 Å². The van der Waals surface area contributed by atoms with E-state index in [1.807, 2.05) is 6.07 Å². The van der Waals surface area contributed by atoms with Crippen molar-refractivity contribution in [2.24, 2.45) is 0 Å². The number of hydrogen-bond donors (Lipinski definition) is 2. The van der Waals surface area contributed by atoms with E-state index >= 15 is 0 Å². The van der Waals surface area contributed by atoms with Crippen LogP contribution in [0.3, 0.4) is 0 Å². The first-order valence-electron chi connectivity index (χ1n) is 5.94. The lowest BCUT2D eigenvalue weighted by Crippen LogP contribution is -2.30. The molecule has 20 heavy (non-hydrogen) atoms. The first-order valence-corrected chi connectivity index (χ1v) is 6.82. The van der Waals surface area contributed by atoms with E-state index in [1.165, 1.54) is 11.3 Å². The molecule has 0 aliphatic carbocycles. The molecule has 6 nitrogen and oxygen atoms in total. The predicted octanol–water partition coefficient (Wildman–Crippen LogP) is 2.26. The number of thiazole rings is 1. The molecule has 1 aromatic carbocycles. The standard InChI is InChI=1S/C13H13N3O3S/c17-11(16-12-14-8-9-20-12)6-7-15-13(18)19-10-4-2-1-3-5-10/h1-5,8-9H,6-7H2,(H,15,18)(H,14,16,17). The maximum Gasteiger partial charge on any atom is 0.412 e. The zero-order valence-corrected chi connectivity index (χ0v) is 11.4. The summed E-state index contributed by atoms with van der Waals surface area (Å²) in [5, 5.41) is 7.44. The van der Waals surface area contributed by atoms with Gasteiger partial charge in [-0.15, -0.1) is 11.3 Å². The molecule has 0 spiro atoms. The number of nitrogens with zero attached hydrogens (tertiary/aromatic N) is 1. The van der Waals surface area contributed by atoms with Crippen molar-refractivity contribution in [2.45, 2.75) is 6.42 Å². The third kappa shape index (κ3) is 4.69. The maximum atomic E-state index is 11.5. The number of carbonyl (C=O) groups is 2. The molecular weight excluding hydrogens is 278 g/mol. The monoisotopic (exact) mass is 291 g/mol. The van der Waals surface area contributed by atoms with Crippen molar-refractivity contribution in [1.29, 1.82) is 0 Å². The highest BCUT2D eigenvalue weighted by molar-refractivity contribution is 7.13. The average molecular weight is 291 g/mol. The van der Waals surface area contributed by atoms with Gasteiger partial charge in [-0.05, 0) is 12.1 Å². The summed E-state index contributed by atoms with van der Waals surface area (Å²) in [6.45, 7) is 0.197. The first-order chi connectivity index (χ1) is 9.74. The minimum atomic E-state index is -0.585. The van der Waals surface area contributed by atoms with Crippen molar-refractivity contribution in [3.05, 3.63) is 41.9 Å². The van der Waals surface area contributed by atoms with E-state index in [0.29, 0.717) is 10.9 Å². The molecule has 1 heterocycles. The Morgan fingerprint density at radius 1 is 1.25 bits per heavy atom. The fourth-order valence-corrected chi connectivity index (χ4v) is 1.92. The molecule has 0 unspecified atom stereocenters. The van der Waals surface area contributed by atoms with E-state index in [9.17, 15) is 9.59 Å². The van der Waals surface area contributed by atoms with Gasteiger partial charge in [-0.25, -0.2) is 9.78 Å². The van der Waals surface area contributed by atoms with Crippen molar-refractivity contribution in [3.8, 4) is 5.75 Å². The van der Waals surface area contributed by atoms with Crippen LogP contribution in [0.4, 0.5) is 9.93 Å². The lowest BCUT2D eigenvalue weighted by atomic mass is 10.3. The third-order valence-electron chi connectivity index (χ3n) is 2.25. The van der Waals surface area contributed by atoms with E-state index in [2.05, 4.69) is 15.6 Å². The predicted molar refractivity (Wildman–Crippen MR) is 75.8 cm³/mol. The van der Waals surface area contributed by atoms with Crippen molar-refractivity contribution < 1.29 is 14.3 Å². The second-order valence-electron chi connectivity index (χ2n) is 3.76. The number of amides is 2. The zero-order chi connectivity index (χ0) is 14.2. The molecular formula is C13H13N3O3S. The number of nitrogens with one attached hydrogen (secondary N) is 2. The van der Waals surface area contributed by atoms with Crippen LogP contribution in [-0.4, -0.2) is 23.5 Å². The van der Waals surface area contributed by atoms with Crippen molar-refractivity contribution in [1.82, 2.24) is 10.3 Å². The second kappa shape index (κ2) is 7.25. The Labute approximate surface area is 119 Å². The third-order valence-corrected chi connectivity index (χ3v) is 2.94. The molecule has 2 rings (SSSR count). The Hall–Kier alpha value is -2.41. The van der Waals surface area contributed by atoms with Gasteiger partial charge in [0.15, 0.2) is 5.13 Å². The summed E-state index contributed by atoms with van der Waals surface area (Å²) in [6, 6.07) is 8.71. The molecule has 0 saturated heterocycles. The largest absolute Gasteiger partial charge is 0.412 e. The Morgan fingerprint density at radius 3 is 2.75 bits per heavy atom. The summed E-state index contributed by atoms with van der Waals surface area (Å²) in [6.07, 6.45) is 1.18. The Morgan fingerprint density at radius 2 is 2.05 bits per heavy atom. The van der Waals surface area contributed by atoms with Gasteiger partial charge in [0.2, 0.25) is 5.91 Å². The van der Waals surface area contributed by atoms with E-state index in [1.54, 1.807) is 35.8 Å². The quantitative estimate of drug-likeness (QED) is 0.885. The van der Waals surface area contributed by atoms with E-state index < -0.39 is 6.09 Å². The number of para-hydroxylation sites is 1. The summed E-state index contributed by atoms with van der Waals surface area (Å²) >= 11 is 1.34. The molecule has 0 atom stereocenters. The van der Waals surface area contributed by atoms with Gasteiger partial charge in [0.1, 0.15) is 5.75 Å². The second-order valence-corrected chi connectivity index (χ2v) is 4.66. The molecule has 0 aliphatic heterocycles. The van der Waals surface area contributed by atoms with Crippen molar-refractivity contribution >= 4 is 28.5 Å². The fraction of sp³-hybridized carbons (Fsp3) is 0.154. The highest BCUT2D eigenvalue weighted by Crippen LogP contribution is 2.10. The van der Waals surface area contributed by atoms with E-state index in [-0.39, 0.29) is 18.9 Å². The smallest absolute Gasteiger partial charge is 0.410 e. The number of hydrogen-bond acceptors (Lipinski definition) is 5. The first kappa shape index (κ1) is 14.0. The fourth-order valence-electron chi connectivity index (χ4n) is 1.38. The molecule has 2 N–H and O–H groups in total. The molecule has 0 radical (unpaired) electrons. The SMILES string of the molecule is O=C(CCNC(=O)Oc1ccccc1)Nc1nccs1. The number of aromatic nitrogens is 1. The van der Waals surface area contributed by atoms with Crippen molar-refractivity contribution in [2.75, 3.05) is 11.9 Å². The molecule has 1 aromatic heterocycles. The van der Waals surface area contributed by atoms with E-state index in [0.717, 1.165) is 0 Å². The Kier molecular flexibility index (Phi) is 5.08. The highest BCUT2D eigenvalue weighted by Gasteiger charge is 2.07. The molecule has 104 valence electrons. The van der Waals surface area contributed by atoms with Crippen LogP contribution in [0, 0.1) is 0 Å². The van der Waals surface area contributed by atoms with Crippen LogP contribution in [0.5, 0.6) is 5.75 Å². The number of anilines is 1. The normalized spacial score (nSPS) is 9.80. The van der Waals surface area contributed by atoms with Gasteiger partial charge in [-0.2, -0.15) is 0 Å². The van der Waals surface area contributed by atoms with Gasteiger partial charge in [0.25, 0.3) is 0 Å². The summed E-state index contributed by atoms with van der Waals surface area (Å²) in [5.41, 5.74) is 0. The summed E-state index contributed by atoms with van der Waals surface area (Å²) in [5.74, 6) is 0.247. The number of benzene rings is 1. The van der Waals surface area contributed by atoms with Gasteiger partial charge >= 0.3 is 6.09 Å². The minimum absolute atomic E-state index is 0.156. The molecule has 2 amide bonds. The number of carbonyl (C=O) groups excluding carboxylic acids is 2. The Bertz CT molecular complexity index is 558. The summed E-state index contributed by atoms with van der Waals surface area (Å²) in [7, 11) is 0. The van der Waals surface area contributed by atoms with Crippen LogP contribution in [0.1, 0.15) is 6.42 Å². The van der Waals surface area contributed by atoms with Gasteiger partial charge in [0, 0.05) is 24.5 Å². The summed E-state index contributed by atoms with van der Waals surface area (Å²) in [4.78, 5) is 26.9. The van der Waals surface area contributed by atoms with Gasteiger partial charge in [-0.3, -0.25) is 4.79 Å². The number of rotatable bonds is 5. The zero-order valence-electron chi connectivity index (χ0n) is 10.5. The maximum absolute atomic E-state index is 11.5. The number of ether oxygens (including phenoxy) is 1. The Balaban J connectivity index is 1.65. The van der Waals surface area contributed by atoms with Gasteiger partial charge < -0.3 is 15.4 Å². The van der Waals surface area contributed by atoms with Crippen LogP contribution < -0.4 is 15.4 Å². The van der Waals surface area contributed by atoms with Gasteiger partial charge in [-0.1, -0.05) is 18.2 Å². The molecule has 0 aliphatic rings. The molecule has 0 saturated carbocycles. The minimum Gasteiger partial charge on any atom is -0.410 e. The van der Waals surface area contributed by atoms with Crippen LogP contribution >= 0.6 is 11.3 Å². The molecule has 0 bridgehead atoms. The molecule has 2 aromatic rings. The molecule has 7 heteroatoms.